The summed E-state index contributed by atoms with van der Waals surface area (Å²) in [7, 11) is 0. The second-order valence-electron chi connectivity index (χ2n) is 4.01. The van der Waals surface area contributed by atoms with Crippen LogP contribution in [0.25, 0.3) is 22.4 Å². The van der Waals surface area contributed by atoms with E-state index in [-0.39, 0.29) is 0 Å². The monoisotopic (exact) mass is 252 g/mol. The summed E-state index contributed by atoms with van der Waals surface area (Å²) in [5.74, 6) is 0. The SMILES string of the molecule is Nc1scnc1-c1ccc(-c2ccccc2)cc1. The highest BCUT2D eigenvalue weighted by atomic mass is 32.1. The van der Waals surface area contributed by atoms with E-state index >= 15 is 0 Å². The molecule has 1 aromatic heterocycles. The molecule has 0 radical (unpaired) electrons. The number of anilines is 1. The molecule has 0 amide bonds. The van der Waals surface area contributed by atoms with E-state index < -0.39 is 0 Å². The Kier molecular flexibility index (Phi) is 2.82. The van der Waals surface area contributed by atoms with Crippen molar-refractivity contribution >= 4 is 16.3 Å². The molecule has 0 saturated carbocycles. The average molecular weight is 252 g/mol. The van der Waals surface area contributed by atoms with Gasteiger partial charge in [0, 0.05) is 5.56 Å². The predicted molar refractivity (Wildman–Crippen MR) is 77.4 cm³/mol. The predicted octanol–water partition coefficient (Wildman–Crippen LogP) is 4.06. The first-order valence-electron chi connectivity index (χ1n) is 5.69. The molecular weight excluding hydrogens is 240 g/mol. The molecule has 3 rings (SSSR count). The summed E-state index contributed by atoms with van der Waals surface area (Å²) in [6.45, 7) is 0. The first-order chi connectivity index (χ1) is 8.84. The van der Waals surface area contributed by atoms with Gasteiger partial charge in [-0.15, -0.1) is 11.3 Å². The second-order valence-corrected chi connectivity index (χ2v) is 4.89. The van der Waals surface area contributed by atoms with Gasteiger partial charge in [-0.3, -0.25) is 0 Å². The van der Waals surface area contributed by atoms with Crippen LogP contribution in [0.5, 0.6) is 0 Å². The maximum Gasteiger partial charge on any atom is 0.114 e. The molecule has 88 valence electrons. The lowest BCUT2D eigenvalue weighted by atomic mass is 10.0. The van der Waals surface area contributed by atoms with Gasteiger partial charge in [0.1, 0.15) is 10.7 Å². The number of hydrogen-bond donors (Lipinski definition) is 1. The first kappa shape index (κ1) is 11.0. The van der Waals surface area contributed by atoms with E-state index in [1.807, 2.05) is 18.2 Å². The molecule has 0 fully saturated rings. The van der Waals surface area contributed by atoms with Gasteiger partial charge in [0.05, 0.1) is 5.51 Å². The largest absolute Gasteiger partial charge is 0.389 e. The highest BCUT2D eigenvalue weighted by Crippen LogP contribution is 2.29. The minimum Gasteiger partial charge on any atom is -0.389 e. The van der Waals surface area contributed by atoms with Gasteiger partial charge in [0.15, 0.2) is 0 Å². The van der Waals surface area contributed by atoms with Crippen molar-refractivity contribution in [3.63, 3.8) is 0 Å². The quantitative estimate of drug-likeness (QED) is 0.747. The molecule has 3 aromatic rings. The summed E-state index contributed by atoms with van der Waals surface area (Å²) >= 11 is 1.47. The van der Waals surface area contributed by atoms with Crippen LogP contribution in [0.1, 0.15) is 0 Å². The van der Waals surface area contributed by atoms with Crippen LogP contribution in [-0.2, 0) is 0 Å². The van der Waals surface area contributed by atoms with Crippen LogP contribution in [0.15, 0.2) is 60.1 Å². The number of aromatic nitrogens is 1. The fourth-order valence-corrected chi connectivity index (χ4v) is 2.48. The van der Waals surface area contributed by atoms with E-state index in [4.69, 9.17) is 5.73 Å². The lowest BCUT2D eigenvalue weighted by molar-refractivity contribution is 1.41. The molecular formula is C15H12N2S. The van der Waals surface area contributed by atoms with E-state index in [1.54, 1.807) is 5.51 Å². The van der Waals surface area contributed by atoms with E-state index in [2.05, 4.69) is 41.4 Å². The number of thiazole rings is 1. The number of hydrogen-bond acceptors (Lipinski definition) is 3. The third kappa shape index (κ3) is 2.00. The van der Waals surface area contributed by atoms with E-state index in [0.29, 0.717) is 0 Å². The molecule has 0 atom stereocenters. The van der Waals surface area contributed by atoms with Crippen molar-refractivity contribution < 1.29 is 0 Å². The molecule has 0 unspecified atom stereocenters. The van der Waals surface area contributed by atoms with Crippen LogP contribution in [0.4, 0.5) is 5.00 Å². The van der Waals surface area contributed by atoms with Crippen LogP contribution in [0.2, 0.25) is 0 Å². The van der Waals surface area contributed by atoms with E-state index in [1.165, 1.54) is 22.5 Å². The van der Waals surface area contributed by atoms with Gasteiger partial charge in [-0.25, -0.2) is 4.98 Å². The summed E-state index contributed by atoms with van der Waals surface area (Å²) in [6.07, 6.45) is 0. The molecule has 2 nitrogen and oxygen atoms in total. The molecule has 2 aromatic carbocycles. The molecule has 0 aliphatic carbocycles. The van der Waals surface area contributed by atoms with Gasteiger partial charge < -0.3 is 5.73 Å². The highest BCUT2D eigenvalue weighted by Gasteiger charge is 2.05. The van der Waals surface area contributed by atoms with Crippen molar-refractivity contribution in [1.82, 2.24) is 4.98 Å². The minimum absolute atomic E-state index is 0.766. The normalized spacial score (nSPS) is 10.4. The van der Waals surface area contributed by atoms with Crippen molar-refractivity contribution in [2.75, 3.05) is 5.73 Å². The molecule has 0 bridgehead atoms. The molecule has 3 heteroatoms. The van der Waals surface area contributed by atoms with Crippen molar-refractivity contribution in [2.24, 2.45) is 0 Å². The summed E-state index contributed by atoms with van der Waals surface area (Å²) < 4.78 is 0. The Morgan fingerprint density at radius 3 is 2.00 bits per heavy atom. The van der Waals surface area contributed by atoms with Gasteiger partial charge >= 0.3 is 0 Å². The van der Waals surface area contributed by atoms with Crippen LogP contribution >= 0.6 is 11.3 Å². The van der Waals surface area contributed by atoms with Crippen LogP contribution < -0.4 is 5.73 Å². The Morgan fingerprint density at radius 1 is 0.778 bits per heavy atom. The number of rotatable bonds is 2. The summed E-state index contributed by atoms with van der Waals surface area (Å²) in [5.41, 5.74) is 12.0. The minimum atomic E-state index is 0.766. The number of nitrogen functional groups attached to an aromatic ring is 1. The van der Waals surface area contributed by atoms with Gasteiger partial charge in [0.2, 0.25) is 0 Å². The number of nitrogens with zero attached hydrogens (tertiary/aromatic N) is 1. The topological polar surface area (TPSA) is 38.9 Å². The zero-order valence-electron chi connectivity index (χ0n) is 9.71. The smallest absolute Gasteiger partial charge is 0.114 e. The first-order valence-corrected chi connectivity index (χ1v) is 6.57. The molecule has 0 saturated heterocycles. The fourth-order valence-electron chi connectivity index (χ4n) is 1.92. The fraction of sp³-hybridized carbons (Fsp3) is 0. The van der Waals surface area contributed by atoms with Crippen molar-refractivity contribution in [1.29, 1.82) is 0 Å². The summed E-state index contributed by atoms with van der Waals surface area (Å²) in [6, 6.07) is 18.6. The summed E-state index contributed by atoms with van der Waals surface area (Å²) in [5, 5.41) is 0.766. The molecule has 2 N–H and O–H groups in total. The molecule has 0 aliphatic heterocycles. The van der Waals surface area contributed by atoms with Crippen molar-refractivity contribution in [3.8, 4) is 22.4 Å². The Balaban J connectivity index is 1.97. The van der Waals surface area contributed by atoms with Gasteiger partial charge in [-0.2, -0.15) is 0 Å². The maximum atomic E-state index is 5.88. The van der Waals surface area contributed by atoms with Crippen LogP contribution in [0.3, 0.4) is 0 Å². The Morgan fingerprint density at radius 2 is 1.39 bits per heavy atom. The average Bonchev–Trinajstić information content (AvgIpc) is 2.86. The van der Waals surface area contributed by atoms with E-state index in [9.17, 15) is 0 Å². The third-order valence-corrected chi connectivity index (χ3v) is 3.52. The Bertz CT molecular complexity index is 642. The molecule has 18 heavy (non-hydrogen) atoms. The lowest BCUT2D eigenvalue weighted by Gasteiger charge is -2.03. The van der Waals surface area contributed by atoms with Gasteiger partial charge in [0.25, 0.3) is 0 Å². The standard InChI is InChI=1S/C15H12N2S/c16-15-14(17-10-18-15)13-8-6-12(7-9-13)11-4-2-1-3-5-11/h1-10H,16H2. The summed E-state index contributed by atoms with van der Waals surface area (Å²) in [4.78, 5) is 4.28. The van der Waals surface area contributed by atoms with Gasteiger partial charge in [-0.1, -0.05) is 54.6 Å². The molecule has 1 heterocycles. The van der Waals surface area contributed by atoms with Crippen LogP contribution in [-0.4, -0.2) is 4.98 Å². The number of benzene rings is 2. The van der Waals surface area contributed by atoms with Gasteiger partial charge in [-0.05, 0) is 11.1 Å². The Labute approximate surface area is 110 Å². The Hall–Kier alpha value is -2.13. The third-order valence-electron chi connectivity index (χ3n) is 2.86. The van der Waals surface area contributed by atoms with Crippen molar-refractivity contribution in [3.05, 3.63) is 60.1 Å². The molecule has 0 aliphatic rings. The van der Waals surface area contributed by atoms with E-state index in [0.717, 1.165) is 16.3 Å². The highest BCUT2D eigenvalue weighted by molar-refractivity contribution is 7.14. The molecule has 0 spiro atoms. The van der Waals surface area contributed by atoms with Crippen LogP contribution in [0, 0.1) is 0 Å². The number of nitrogens with two attached hydrogens (primary N) is 1. The van der Waals surface area contributed by atoms with Crippen molar-refractivity contribution in [2.45, 2.75) is 0 Å². The maximum absolute atomic E-state index is 5.88. The lowest BCUT2D eigenvalue weighted by Crippen LogP contribution is -1.85. The zero-order valence-corrected chi connectivity index (χ0v) is 10.5. The zero-order chi connectivity index (χ0) is 12.4. The second kappa shape index (κ2) is 4.63.